The van der Waals surface area contributed by atoms with Crippen LogP contribution in [0.5, 0.6) is 0 Å². The summed E-state index contributed by atoms with van der Waals surface area (Å²) in [5.74, 6) is 0. The second-order valence-electron chi connectivity index (χ2n) is 2.64. The second kappa shape index (κ2) is 7.33. The smallest absolute Gasteiger partial charge is 0.0279 e. The molecule has 0 unspecified atom stereocenters. The van der Waals surface area contributed by atoms with Gasteiger partial charge in [0.1, 0.15) is 0 Å². The molecular formula is C11H18. The predicted octanol–water partition coefficient (Wildman–Crippen LogP) is 3.87. The third-order valence-corrected chi connectivity index (χ3v) is 1.66. The van der Waals surface area contributed by atoms with E-state index in [2.05, 4.69) is 20.1 Å². The van der Waals surface area contributed by atoms with Crippen molar-refractivity contribution in [2.45, 2.75) is 32.6 Å². The summed E-state index contributed by atoms with van der Waals surface area (Å²) in [4.78, 5) is 0. The summed E-state index contributed by atoms with van der Waals surface area (Å²) in [6.07, 6.45) is 10.8. The average Bonchev–Trinajstić information content (AvgIpc) is 2.03. The van der Waals surface area contributed by atoms with E-state index in [1.807, 2.05) is 18.2 Å². The molecule has 0 heterocycles. The van der Waals surface area contributed by atoms with Gasteiger partial charge in [0.2, 0.25) is 0 Å². The molecule has 0 heteroatoms. The molecule has 0 atom stereocenters. The fourth-order valence-corrected chi connectivity index (χ4v) is 0.984. The van der Waals surface area contributed by atoms with Gasteiger partial charge in [0.25, 0.3) is 0 Å². The van der Waals surface area contributed by atoms with Crippen LogP contribution in [0.2, 0.25) is 0 Å². The first-order chi connectivity index (χ1) is 5.35. The highest BCUT2D eigenvalue weighted by molar-refractivity contribution is 5.20. The van der Waals surface area contributed by atoms with Crippen molar-refractivity contribution in [2.24, 2.45) is 0 Å². The Bertz CT molecular complexity index is 140. The lowest BCUT2D eigenvalue weighted by molar-refractivity contribution is 0.719. The lowest BCUT2D eigenvalue weighted by Crippen LogP contribution is -1.78. The Balaban J connectivity index is 3.60. The summed E-state index contributed by atoms with van der Waals surface area (Å²) in [5, 5.41) is 0. The van der Waals surface area contributed by atoms with Gasteiger partial charge in [-0.15, -0.1) is 0 Å². The Morgan fingerprint density at radius 3 is 2.45 bits per heavy atom. The Morgan fingerprint density at radius 2 is 2.00 bits per heavy atom. The summed E-state index contributed by atoms with van der Waals surface area (Å²) in [7, 11) is 0. The molecule has 0 saturated carbocycles. The molecule has 0 radical (unpaired) electrons. The Hall–Kier alpha value is -0.780. The van der Waals surface area contributed by atoms with Gasteiger partial charge >= 0.3 is 0 Å². The summed E-state index contributed by atoms with van der Waals surface area (Å²) in [6, 6.07) is 0. The van der Waals surface area contributed by atoms with Crippen molar-refractivity contribution < 1.29 is 0 Å². The van der Waals surface area contributed by atoms with E-state index in [4.69, 9.17) is 0 Å². The molecule has 0 nitrogen and oxygen atoms in total. The van der Waals surface area contributed by atoms with E-state index in [1.165, 1.54) is 24.8 Å². The molecule has 0 amide bonds. The predicted molar refractivity (Wildman–Crippen MR) is 52.6 cm³/mol. The number of rotatable bonds is 6. The number of hydrogen-bond donors (Lipinski definition) is 0. The number of allylic oxidation sites excluding steroid dienone is 4. The van der Waals surface area contributed by atoms with Crippen LogP contribution in [0.1, 0.15) is 32.6 Å². The fraction of sp³-hybridized carbons (Fsp3) is 0.455. The van der Waals surface area contributed by atoms with Crippen molar-refractivity contribution in [3.8, 4) is 0 Å². The molecular weight excluding hydrogens is 132 g/mol. The molecule has 0 aromatic heterocycles. The van der Waals surface area contributed by atoms with Crippen LogP contribution in [-0.2, 0) is 0 Å². The van der Waals surface area contributed by atoms with Crippen LogP contribution in [0.4, 0.5) is 0 Å². The first-order valence-electron chi connectivity index (χ1n) is 4.29. The Morgan fingerprint density at radius 1 is 1.27 bits per heavy atom. The zero-order chi connectivity index (χ0) is 8.53. The monoisotopic (exact) mass is 150 g/mol. The average molecular weight is 150 g/mol. The molecule has 0 aliphatic carbocycles. The number of hydrogen-bond acceptors (Lipinski definition) is 0. The summed E-state index contributed by atoms with van der Waals surface area (Å²) < 4.78 is 0. The molecule has 0 aromatic carbocycles. The molecule has 0 spiro atoms. The molecule has 0 fully saturated rings. The zero-order valence-corrected chi connectivity index (χ0v) is 7.47. The van der Waals surface area contributed by atoms with Crippen LogP contribution in [-0.4, -0.2) is 0 Å². The maximum atomic E-state index is 3.74. The van der Waals surface area contributed by atoms with E-state index < -0.39 is 0 Å². The van der Waals surface area contributed by atoms with Crippen molar-refractivity contribution >= 4 is 0 Å². The largest absolute Gasteiger partial charge is 0.0991 e. The maximum absolute atomic E-state index is 3.74. The van der Waals surface area contributed by atoms with Crippen LogP contribution in [0.25, 0.3) is 0 Å². The molecule has 0 aliphatic heterocycles. The first-order valence-corrected chi connectivity index (χ1v) is 4.29. The molecule has 0 saturated heterocycles. The van der Waals surface area contributed by atoms with E-state index in [9.17, 15) is 0 Å². The quantitative estimate of drug-likeness (QED) is 0.398. The third kappa shape index (κ3) is 5.65. The van der Waals surface area contributed by atoms with E-state index in [0.717, 1.165) is 6.42 Å². The lowest BCUT2D eigenvalue weighted by atomic mass is 10.1. The third-order valence-electron chi connectivity index (χ3n) is 1.66. The topological polar surface area (TPSA) is 0 Å². The van der Waals surface area contributed by atoms with Crippen molar-refractivity contribution in [1.82, 2.24) is 0 Å². The van der Waals surface area contributed by atoms with Gasteiger partial charge in [0.05, 0.1) is 0 Å². The highest BCUT2D eigenvalue weighted by atomic mass is 13.9. The minimum absolute atomic E-state index is 1.14. The minimum atomic E-state index is 1.14. The van der Waals surface area contributed by atoms with Gasteiger partial charge in [-0.25, -0.2) is 0 Å². The standard InChI is InChI=1S/C11H18/c1-4-7-8-10-11(6-3)9-5-2/h5-6,9H,2-4,7-8,10H2,1H3/b11-9+. The van der Waals surface area contributed by atoms with E-state index in [1.54, 1.807) is 0 Å². The highest BCUT2D eigenvalue weighted by Crippen LogP contribution is 2.09. The lowest BCUT2D eigenvalue weighted by Gasteiger charge is -1.98. The van der Waals surface area contributed by atoms with Gasteiger partial charge in [0.15, 0.2) is 0 Å². The summed E-state index contributed by atoms with van der Waals surface area (Å²) in [6.45, 7) is 9.61. The molecule has 0 N–H and O–H groups in total. The van der Waals surface area contributed by atoms with Crippen molar-refractivity contribution in [3.63, 3.8) is 0 Å². The SMILES string of the molecule is C=C/C=C(\C=C)CCCCC. The number of unbranched alkanes of at least 4 members (excludes halogenated alkanes) is 2. The van der Waals surface area contributed by atoms with Crippen molar-refractivity contribution in [3.05, 3.63) is 37.0 Å². The van der Waals surface area contributed by atoms with Gasteiger partial charge in [-0.1, -0.05) is 51.2 Å². The first kappa shape index (κ1) is 10.2. The van der Waals surface area contributed by atoms with Gasteiger partial charge < -0.3 is 0 Å². The zero-order valence-electron chi connectivity index (χ0n) is 7.47. The molecule has 11 heavy (non-hydrogen) atoms. The Labute approximate surface area is 70.3 Å². The van der Waals surface area contributed by atoms with E-state index >= 15 is 0 Å². The van der Waals surface area contributed by atoms with E-state index in [-0.39, 0.29) is 0 Å². The van der Waals surface area contributed by atoms with E-state index in [0.29, 0.717) is 0 Å². The second-order valence-corrected chi connectivity index (χ2v) is 2.64. The van der Waals surface area contributed by atoms with Gasteiger partial charge in [0, 0.05) is 0 Å². The molecule has 0 bridgehead atoms. The van der Waals surface area contributed by atoms with Crippen LogP contribution >= 0.6 is 0 Å². The van der Waals surface area contributed by atoms with Crippen molar-refractivity contribution in [2.75, 3.05) is 0 Å². The molecule has 0 rings (SSSR count). The molecule has 62 valence electrons. The van der Waals surface area contributed by atoms with Crippen LogP contribution in [0, 0.1) is 0 Å². The Kier molecular flexibility index (Phi) is 6.81. The van der Waals surface area contributed by atoms with Gasteiger partial charge in [-0.2, -0.15) is 0 Å². The fourth-order valence-electron chi connectivity index (χ4n) is 0.984. The summed E-state index contributed by atoms with van der Waals surface area (Å²) >= 11 is 0. The minimum Gasteiger partial charge on any atom is -0.0991 e. The highest BCUT2D eigenvalue weighted by Gasteiger charge is 1.89. The molecule has 0 aromatic rings. The van der Waals surface area contributed by atoms with Gasteiger partial charge in [-0.05, 0) is 18.4 Å². The maximum Gasteiger partial charge on any atom is -0.0279 e. The van der Waals surface area contributed by atoms with Crippen LogP contribution in [0.15, 0.2) is 37.0 Å². The van der Waals surface area contributed by atoms with Gasteiger partial charge in [-0.3, -0.25) is 0 Å². The van der Waals surface area contributed by atoms with Crippen LogP contribution < -0.4 is 0 Å². The molecule has 0 aliphatic rings. The normalized spacial score (nSPS) is 11.2. The van der Waals surface area contributed by atoms with Crippen LogP contribution in [0.3, 0.4) is 0 Å². The van der Waals surface area contributed by atoms with Crippen molar-refractivity contribution in [1.29, 1.82) is 0 Å². The summed E-state index contributed by atoms with van der Waals surface area (Å²) in [5.41, 5.74) is 1.30.